The fraction of sp³-hybridized carbons (Fsp3) is 0.261. The number of fused-ring (bicyclic) bond motifs is 1. The van der Waals surface area contributed by atoms with Gasteiger partial charge >= 0.3 is 5.97 Å². The van der Waals surface area contributed by atoms with Crippen LogP contribution in [0.15, 0.2) is 72.8 Å². The molecule has 1 heterocycles. The first kappa shape index (κ1) is 19.5. The summed E-state index contributed by atoms with van der Waals surface area (Å²) in [6.45, 7) is 0. The van der Waals surface area contributed by atoms with Crippen molar-refractivity contribution in [3.8, 4) is 0 Å². The number of carboxylic acids is 1. The summed E-state index contributed by atoms with van der Waals surface area (Å²) >= 11 is 0. The van der Waals surface area contributed by atoms with Crippen LogP contribution in [0.4, 0.5) is 0 Å². The predicted molar refractivity (Wildman–Crippen MR) is 107 cm³/mol. The molecule has 6 nitrogen and oxygen atoms in total. The standard InChI is InChI=1S/C23H22O6/c24-18-19(25)21(29-22(20(18)26)23(27)28)17(14-7-2-1-3-8-14)16-11-10-13-6-4-5-9-15(13)12-16/h1-12,17-22,24-26H,(H,27,28)/t17?,18-,19-,20+,21+,22+/m1/s1. The van der Waals surface area contributed by atoms with E-state index in [4.69, 9.17) is 4.74 Å². The molecule has 3 aromatic carbocycles. The molecule has 0 spiro atoms. The summed E-state index contributed by atoms with van der Waals surface area (Å²) in [5, 5.41) is 42.5. The van der Waals surface area contributed by atoms with Gasteiger partial charge in [0.25, 0.3) is 0 Å². The second kappa shape index (κ2) is 7.93. The minimum atomic E-state index is -1.72. The van der Waals surface area contributed by atoms with Crippen molar-refractivity contribution >= 4 is 16.7 Å². The maximum Gasteiger partial charge on any atom is 0.335 e. The summed E-state index contributed by atoms with van der Waals surface area (Å²) in [5.74, 6) is -1.93. The zero-order chi connectivity index (χ0) is 20.5. The second-order valence-corrected chi connectivity index (χ2v) is 7.33. The number of carbonyl (C=O) groups is 1. The maximum absolute atomic E-state index is 11.6. The molecule has 0 aromatic heterocycles. The van der Waals surface area contributed by atoms with Gasteiger partial charge in [0.05, 0.1) is 6.10 Å². The highest BCUT2D eigenvalue weighted by Gasteiger charge is 2.49. The Balaban J connectivity index is 1.83. The minimum Gasteiger partial charge on any atom is -0.479 e. The van der Waals surface area contributed by atoms with Crippen molar-refractivity contribution < 1.29 is 30.0 Å². The molecular formula is C23H22O6. The normalized spacial score (nSPS) is 28.2. The third kappa shape index (κ3) is 3.63. The molecule has 1 aliphatic heterocycles. The predicted octanol–water partition coefficient (Wildman–Crippen LogP) is 1.91. The second-order valence-electron chi connectivity index (χ2n) is 7.33. The van der Waals surface area contributed by atoms with E-state index in [9.17, 15) is 25.2 Å². The average Bonchev–Trinajstić information content (AvgIpc) is 2.74. The van der Waals surface area contributed by atoms with Crippen molar-refractivity contribution in [3.63, 3.8) is 0 Å². The van der Waals surface area contributed by atoms with Crippen molar-refractivity contribution in [2.75, 3.05) is 0 Å². The first-order chi connectivity index (χ1) is 14.0. The lowest BCUT2D eigenvalue weighted by Gasteiger charge is -2.42. The third-order valence-corrected chi connectivity index (χ3v) is 5.51. The largest absolute Gasteiger partial charge is 0.479 e. The van der Waals surface area contributed by atoms with Gasteiger partial charge in [-0.25, -0.2) is 4.79 Å². The Morgan fingerprint density at radius 1 is 0.759 bits per heavy atom. The molecule has 0 saturated carbocycles. The summed E-state index contributed by atoms with van der Waals surface area (Å²) < 4.78 is 5.67. The van der Waals surface area contributed by atoms with E-state index in [1.54, 1.807) is 0 Å². The lowest BCUT2D eigenvalue weighted by atomic mass is 9.79. The Kier molecular flexibility index (Phi) is 5.34. The van der Waals surface area contributed by atoms with Gasteiger partial charge in [0.2, 0.25) is 0 Å². The third-order valence-electron chi connectivity index (χ3n) is 5.51. The smallest absolute Gasteiger partial charge is 0.335 e. The number of hydrogen-bond donors (Lipinski definition) is 4. The van der Waals surface area contributed by atoms with Crippen molar-refractivity contribution in [1.29, 1.82) is 0 Å². The monoisotopic (exact) mass is 394 g/mol. The number of benzene rings is 3. The molecule has 4 N–H and O–H groups in total. The van der Waals surface area contributed by atoms with Crippen molar-refractivity contribution in [3.05, 3.63) is 83.9 Å². The molecule has 4 rings (SSSR count). The molecule has 6 atom stereocenters. The Morgan fingerprint density at radius 2 is 1.41 bits per heavy atom. The van der Waals surface area contributed by atoms with Gasteiger partial charge in [0.15, 0.2) is 6.10 Å². The highest BCUT2D eigenvalue weighted by atomic mass is 16.6. The maximum atomic E-state index is 11.6. The van der Waals surface area contributed by atoms with Gasteiger partial charge in [-0.1, -0.05) is 72.8 Å². The van der Waals surface area contributed by atoms with Crippen LogP contribution in [0.25, 0.3) is 10.8 Å². The average molecular weight is 394 g/mol. The van der Waals surface area contributed by atoms with Crippen LogP contribution in [0.3, 0.4) is 0 Å². The fourth-order valence-electron chi connectivity index (χ4n) is 4.02. The van der Waals surface area contributed by atoms with E-state index in [0.29, 0.717) is 0 Å². The molecule has 150 valence electrons. The van der Waals surface area contributed by atoms with E-state index in [0.717, 1.165) is 21.9 Å². The minimum absolute atomic E-state index is 0.542. The number of aliphatic carboxylic acids is 1. The van der Waals surface area contributed by atoms with Crippen LogP contribution in [0, 0.1) is 0 Å². The van der Waals surface area contributed by atoms with Crippen LogP contribution >= 0.6 is 0 Å². The van der Waals surface area contributed by atoms with Crippen LogP contribution in [0.2, 0.25) is 0 Å². The topological polar surface area (TPSA) is 107 Å². The highest BCUT2D eigenvalue weighted by Crippen LogP contribution is 2.37. The molecular weight excluding hydrogens is 372 g/mol. The molecule has 0 amide bonds. The van der Waals surface area contributed by atoms with Gasteiger partial charge in [-0.05, 0) is 21.9 Å². The summed E-state index contributed by atoms with van der Waals surface area (Å²) in [7, 11) is 0. The molecule has 29 heavy (non-hydrogen) atoms. The number of ether oxygens (including phenoxy) is 1. The van der Waals surface area contributed by atoms with Gasteiger partial charge in [-0.15, -0.1) is 0 Å². The van der Waals surface area contributed by atoms with Crippen molar-refractivity contribution in [1.82, 2.24) is 0 Å². The van der Waals surface area contributed by atoms with Crippen LogP contribution in [-0.2, 0) is 9.53 Å². The lowest BCUT2D eigenvalue weighted by molar-refractivity contribution is -0.230. The number of carboxylic acid groups (broad SMARTS) is 1. The van der Waals surface area contributed by atoms with E-state index >= 15 is 0 Å². The Bertz CT molecular complexity index is 1000. The van der Waals surface area contributed by atoms with Crippen LogP contribution < -0.4 is 0 Å². The van der Waals surface area contributed by atoms with Gasteiger partial charge in [-0.3, -0.25) is 0 Å². The quantitative estimate of drug-likeness (QED) is 0.539. The van der Waals surface area contributed by atoms with Crippen molar-refractivity contribution in [2.45, 2.75) is 36.4 Å². The van der Waals surface area contributed by atoms with E-state index in [1.807, 2.05) is 72.8 Å². The van der Waals surface area contributed by atoms with E-state index < -0.39 is 42.4 Å². The summed E-state index contributed by atoms with van der Waals surface area (Å²) in [6, 6.07) is 22.9. The number of rotatable bonds is 4. The molecule has 1 saturated heterocycles. The molecule has 1 unspecified atom stereocenters. The zero-order valence-electron chi connectivity index (χ0n) is 15.5. The molecule has 3 aromatic rings. The number of aliphatic hydroxyl groups is 3. The first-order valence-corrected chi connectivity index (χ1v) is 9.43. The molecule has 0 aliphatic carbocycles. The van der Waals surface area contributed by atoms with E-state index in [2.05, 4.69) is 0 Å². The fourth-order valence-corrected chi connectivity index (χ4v) is 4.02. The van der Waals surface area contributed by atoms with Crippen LogP contribution in [-0.4, -0.2) is 56.9 Å². The molecule has 0 radical (unpaired) electrons. The van der Waals surface area contributed by atoms with Gasteiger partial charge < -0.3 is 25.2 Å². The summed E-state index contributed by atoms with van der Waals surface area (Å²) in [5.41, 5.74) is 1.62. The Hall–Kier alpha value is -2.77. The van der Waals surface area contributed by atoms with Crippen LogP contribution in [0.1, 0.15) is 17.0 Å². The van der Waals surface area contributed by atoms with Gasteiger partial charge in [0.1, 0.15) is 18.3 Å². The molecule has 6 heteroatoms. The van der Waals surface area contributed by atoms with Gasteiger partial charge in [-0.2, -0.15) is 0 Å². The number of aliphatic hydroxyl groups excluding tert-OH is 3. The summed E-state index contributed by atoms with van der Waals surface area (Å²) in [6.07, 6.45) is -7.51. The van der Waals surface area contributed by atoms with E-state index in [1.165, 1.54) is 0 Å². The van der Waals surface area contributed by atoms with Gasteiger partial charge in [0, 0.05) is 5.92 Å². The molecule has 1 aliphatic rings. The Labute approximate surface area is 167 Å². The summed E-state index contributed by atoms with van der Waals surface area (Å²) in [4.78, 5) is 11.6. The van der Waals surface area contributed by atoms with Crippen LogP contribution in [0.5, 0.6) is 0 Å². The zero-order valence-corrected chi connectivity index (χ0v) is 15.5. The van der Waals surface area contributed by atoms with Crippen molar-refractivity contribution in [2.24, 2.45) is 0 Å². The molecule has 1 fully saturated rings. The SMILES string of the molecule is O=C(O)[C@H]1O[C@@H](C(c2ccccc2)c2ccc3ccccc3c2)[C@H](O)[C@@H](O)[C@@H]1O. The first-order valence-electron chi connectivity index (χ1n) is 9.43. The Morgan fingerprint density at radius 3 is 2.10 bits per heavy atom. The highest BCUT2D eigenvalue weighted by molar-refractivity contribution is 5.83. The molecule has 0 bridgehead atoms. The lowest BCUT2D eigenvalue weighted by Crippen LogP contribution is -2.61. The van der Waals surface area contributed by atoms with E-state index in [-0.39, 0.29) is 0 Å². The number of hydrogen-bond acceptors (Lipinski definition) is 5.